The predicted molar refractivity (Wildman–Crippen MR) is 109 cm³/mol. The summed E-state index contributed by atoms with van der Waals surface area (Å²) < 4.78 is 7.56. The summed E-state index contributed by atoms with van der Waals surface area (Å²) in [6, 6.07) is 14.2. The molecule has 6 nitrogen and oxygen atoms in total. The topological polar surface area (TPSA) is 64.2 Å². The van der Waals surface area contributed by atoms with Gasteiger partial charge < -0.3 is 9.32 Å². The third kappa shape index (κ3) is 4.14. The van der Waals surface area contributed by atoms with Crippen molar-refractivity contribution in [3.05, 3.63) is 54.3 Å². The molecular weight excluding hydrogens is 372 g/mol. The Hall–Kier alpha value is -2.54. The number of aromatic nitrogens is 3. The van der Waals surface area contributed by atoms with Crippen LogP contribution < -0.4 is 0 Å². The second-order valence-corrected chi connectivity index (χ2v) is 8.02. The summed E-state index contributed by atoms with van der Waals surface area (Å²) in [5.41, 5.74) is 1.15. The van der Waals surface area contributed by atoms with Crippen LogP contribution in [-0.2, 0) is 11.3 Å². The zero-order chi connectivity index (χ0) is 19.3. The van der Waals surface area contributed by atoms with Crippen LogP contribution in [0.25, 0.3) is 11.6 Å². The number of carbonyl (C=O) groups excluding carboxylic acids is 1. The number of piperidine rings is 1. The SMILES string of the molecule is C[C@@H]1CCCCN1C(=O)CSc1nnc(-c2ccco2)n1Cc1ccccc1. The summed E-state index contributed by atoms with van der Waals surface area (Å²) >= 11 is 1.44. The number of rotatable bonds is 6. The molecule has 0 bridgehead atoms. The van der Waals surface area contributed by atoms with Crippen LogP contribution in [0.5, 0.6) is 0 Å². The fraction of sp³-hybridized carbons (Fsp3) is 0.381. The predicted octanol–water partition coefficient (Wildman–Crippen LogP) is 4.08. The lowest BCUT2D eigenvalue weighted by molar-refractivity contribution is -0.131. The number of furan rings is 1. The molecule has 1 aliphatic heterocycles. The quantitative estimate of drug-likeness (QED) is 0.588. The van der Waals surface area contributed by atoms with Gasteiger partial charge in [-0.05, 0) is 43.9 Å². The minimum absolute atomic E-state index is 0.172. The number of amides is 1. The van der Waals surface area contributed by atoms with Crippen molar-refractivity contribution in [3.63, 3.8) is 0 Å². The van der Waals surface area contributed by atoms with E-state index < -0.39 is 0 Å². The minimum Gasteiger partial charge on any atom is -0.461 e. The summed E-state index contributed by atoms with van der Waals surface area (Å²) in [5.74, 6) is 1.89. The molecule has 1 atom stereocenters. The molecule has 4 rings (SSSR count). The lowest BCUT2D eigenvalue weighted by Gasteiger charge is -2.33. The first-order chi connectivity index (χ1) is 13.7. The molecule has 146 valence electrons. The van der Waals surface area contributed by atoms with E-state index in [0.717, 1.165) is 30.1 Å². The van der Waals surface area contributed by atoms with E-state index in [-0.39, 0.29) is 5.91 Å². The van der Waals surface area contributed by atoms with E-state index in [9.17, 15) is 4.79 Å². The van der Waals surface area contributed by atoms with Gasteiger partial charge in [0.2, 0.25) is 11.7 Å². The average Bonchev–Trinajstić information content (AvgIpc) is 3.37. The van der Waals surface area contributed by atoms with Crippen LogP contribution in [0.3, 0.4) is 0 Å². The molecule has 1 saturated heterocycles. The Bertz CT molecular complexity index is 908. The summed E-state index contributed by atoms with van der Waals surface area (Å²) in [6.45, 7) is 3.62. The van der Waals surface area contributed by atoms with Gasteiger partial charge >= 0.3 is 0 Å². The standard InChI is InChI=1S/C21H24N4O2S/c1-16-8-5-6-12-24(16)19(26)15-28-21-23-22-20(18-11-7-13-27-18)25(21)14-17-9-3-2-4-10-17/h2-4,7,9-11,13,16H,5-6,8,12,14-15H2,1H3/t16-/m1/s1. The van der Waals surface area contributed by atoms with Gasteiger partial charge in [-0.1, -0.05) is 42.1 Å². The molecule has 2 aromatic heterocycles. The first-order valence-corrected chi connectivity index (χ1v) is 10.6. The van der Waals surface area contributed by atoms with Crippen molar-refractivity contribution in [1.29, 1.82) is 0 Å². The van der Waals surface area contributed by atoms with Gasteiger partial charge in [0.1, 0.15) is 0 Å². The van der Waals surface area contributed by atoms with Gasteiger partial charge in [0.05, 0.1) is 18.6 Å². The lowest BCUT2D eigenvalue weighted by Crippen LogP contribution is -2.43. The fourth-order valence-electron chi connectivity index (χ4n) is 3.57. The van der Waals surface area contributed by atoms with Gasteiger partial charge in [-0.25, -0.2) is 0 Å². The maximum atomic E-state index is 12.7. The van der Waals surface area contributed by atoms with Crippen molar-refractivity contribution in [1.82, 2.24) is 19.7 Å². The minimum atomic E-state index is 0.172. The molecule has 0 radical (unpaired) electrons. The first kappa shape index (κ1) is 18.8. The Balaban J connectivity index is 1.54. The third-order valence-corrected chi connectivity index (χ3v) is 6.04. The van der Waals surface area contributed by atoms with Crippen LogP contribution >= 0.6 is 11.8 Å². The summed E-state index contributed by atoms with van der Waals surface area (Å²) in [7, 11) is 0. The number of hydrogen-bond donors (Lipinski definition) is 0. The Morgan fingerprint density at radius 2 is 2.04 bits per heavy atom. The van der Waals surface area contributed by atoms with Gasteiger partial charge in [0.25, 0.3) is 0 Å². The van der Waals surface area contributed by atoms with Crippen LogP contribution in [0.2, 0.25) is 0 Å². The van der Waals surface area contributed by atoms with E-state index in [4.69, 9.17) is 4.42 Å². The van der Waals surface area contributed by atoms with E-state index >= 15 is 0 Å². The molecule has 1 aliphatic rings. The normalized spacial score (nSPS) is 17.0. The zero-order valence-electron chi connectivity index (χ0n) is 16.0. The Morgan fingerprint density at radius 3 is 2.79 bits per heavy atom. The van der Waals surface area contributed by atoms with E-state index in [1.807, 2.05) is 39.8 Å². The molecule has 28 heavy (non-hydrogen) atoms. The van der Waals surface area contributed by atoms with Gasteiger partial charge in [-0.2, -0.15) is 0 Å². The van der Waals surface area contributed by atoms with E-state index in [2.05, 4.69) is 29.3 Å². The van der Waals surface area contributed by atoms with Crippen molar-refractivity contribution in [3.8, 4) is 11.6 Å². The number of carbonyl (C=O) groups is 1. The first-order valence-electron chi connectivity index (χ1n) is 9.65. The highest BCUT2D eigenvalue weighted by Crippen LogP contribution is 2.26. The largest absolute Gasteiger partial charge is 0.461 e. The monoisotopic (exact) mass is 396 g/mol. The lowest BCUT2D eigenvalue weighted by atomic mass is 10.0. The van der Waals surface area contributed by atoms with Crippen molar-refractivity contribution < 1.29 is 9.21 Å². The van der Waals surface area contributed by atoms with Crippen molar-refractivity contribution in [2.45, 2.75) is 43.9 Å². The maximum Gasteiger partial charge on any atom is 0.233 e. The van der Waals surface area contributed by atoms with Gasteiger partial charge in [-0.3, -0.25) is 9.36 Å². The molecule has 0 N–H and O–H groups in total. The number of likely N-dealkylation sites (tertiary alicyclic amines) is 1. The Kier molecular flexibility index (Phi) is 5.81. The van der Waals surface area contributed by atoms with Gasteiger partial charge in [0, 0.05) is 12.6 Å². The van der Waals surface area contributed by atoms with Gasteiger partial charge in [0.15, 0.2) is 10.9 Å². The smallest absolute Gasteiger partial charge is 0.233 e. The molecule has 1 amide bonds. The van der Waals surface area contributed by atoms with Crippen molar-refractivity contribution in [2.24, 2.45) is 0 Å². The molecule has 3 heterocycles. The molecule has 1 aromatic carbocycles. The highest BCUT2D eigenvalue weighted by molar-refractivity contribution is 7.99. The van der Waals surface area contributed by atoms with Crippen molar-refractivity contribution >= 4 is 17.7 Å². The van der Waals surface area contributed by atoms with E-state index in [1.54, 1.807) is 6.26 Å². The molecule has 0 unspecified atom stereocenters. The molecular formula is C21H24N4O2S. The molecule has 0 aliphatic carbocycles. The van der Waals surface area contributed by atoms with E-state index in [1.165, 1.54) is 18.2 Å². The molecule has 0 spiro atoms. The number of nitrogens with zero attached hydrogens (tertiary/aromatic N) is 4. The van der Waals surface area contributed by atoms with Crippen LogP contribution in [0.1, 0.15) is 31.7 Å². The second-order valence-electron chi connectivity index (χ2n) is 7.08. The summed E-state index contributed by atoms with van der Waals surface area (Å²) in [5, 5.41) is 9.41. The second kappa shape index (κ2) is 8.65. The zero-order valence-corrected chi connectivity index (χ0v) is 16.8. The fourth-order valence-corrected chi connectivity index (χ4v) is 4.39. The van der Waals surface area contributed by atoms with E-state index in [0.29, 0.717) is 29.9 Å². The van der Waals surface area contributed by atoms with Crippen molar-refractivity contribution in [2.75, 3.05) is 12.3 Å². The number of benzene rings is 1. The van der Waals surface area contributed by atoms with Crippen LogP contribution in [0.4, 0.5) is 0 Å². The summed E-state index contributed by atoms with van der Waals surface area (Å²) in [6.07, 6.45) is 5.01. The Labute approximate surface area is 168 Å². The van der Waals surface area contributed by atoms with Crippen LogP contribution in [0.15, 0.2) is 58.3 Å². The maximum absolute atomic E-state index is 12.7. The van der Waals surface area contributed by atoms with Crippen LogP contribution in [0, 0.1) is 0 Å². The van der Waals surface area contributed by atoms with Crippen LogP contribution in [-0.4, -0.2) is 43.9 Å². The number of thioether (sulfide) groups is 1. The molecule has 3 aromatic rings. The highest BCUT2D eigenvalue weighted by atomic mass is 32.2. The average molecular weight is 397 g/mol. The summed E-state index contributed by atoms with van der Waals surface area (Å²) in [4.78, 5) is 14.7. The Morgan fingerprint density at radius 1 is 1.18 bits per heavy atom. The highest BCUT2D eigenvalue weighted by Gasteiger charge is 2.24. The molecule has 0 saturated carbocycles. The third-order valence-electron chi connectivity index (χ3n) is 5.09. The van der Waals surface area contributed by atoms with Gasteiger partial charge in [-0.15, -0.1) is 10.2 Å². The molecule has 1 fully saturated rings. The number of hydrogen-bond acceptors (Lipinski definition) is 5. The molecule has 7 heteroatoms.